The summed E-state index contributed by atoms with van der Waals surface area (Å²) >= 11 is 0. The Balaban J connectivity index is 2.94. The molecule has 0 aliphatic rings. The Bertz CT molecular complexity index is 446. The van der Waals surface area contributed by atoms with Gasteiger partial charge in [0.05, 0.1) is 17.1 Å². The second kappa shape index (κ2) is 5.38. The third-order valence-electron chi connectivity index (χ3n) is 2.03. The zero-order valence-corrected chi connectivity index (χ0v) is 9.46. The molecule has 6 heteroatoms. The Kier molecular flexibility index (Phi) is 4.14. The van der Waals surface area contributed by atoms with Crippen molar-refractivity contribution in [3.63, 3.8) is 0 Å². The molecule has 0 radical (unpaired) electrons. The SMILES string of the molecule is CC(C)=CCNc1c(F)cc([N+](=O)[O-])cc1F. The van der Waals surface area contributed by atoms with Crippen LogP contribution in [0.25, 0.3) is 0 Å². The molecule has 0 aromatic heterocycles. The summed E-state index contributed by atoms with van der Waals surface area (Å²) in [5.41, 5.74) is 0.0427. The van der Waals surface area contributed by atoms with Crippen LogP contribution in [0.15, 0.2) is 23.8 Å². The summed E-state index contributed by atoms with van der Waals surface area (Å²) in [6, 6.07) is 1.38. The van der Waals surface area contributed by atoms with Crippen LogP contribution in [-0.2, 0) is 0 Å². The second-order valence-electron chi connectivity index (χ2n) is 3.70. The van der Waals surface area contributed by atoms with Gasteiger partial charge in [-0.25, -0.2) is 8.78 Å². The average Bonchev–Trinajstić information content (AvgIpc) is 2.21. The zero-order valence-electron chi connectivity index (χ0n) is 9.46. The van der Waals surface area contributed by atoms with E-state index < -0.39 is 22.2 Å². The van der Waals surface area contributed by atoms with Gasteiger partial charge < -0.3 is 5.32 Å². The van der Waals surface area contributed by atoms with Crippen LogP contribution >= 0.6 is 0 Å². The van der Waals surface area contributed by atoms with Crippen LogP contribution in [0.4, 0.5) is 20.2 Å². The Morgan fingerprint density at radius 2 is 1.94 bits per heavy atom. The van der Waals surface area contributed by atoms with Crippen molar-refractivity contribution in [2.24, 2.45) is 0 Å². The molecule has 0 aliphatic carbocycles. The highest BCUT2D eigenvalue weighted by molar-refractivity contribution is 5.52. The predicted octanol–water partition coefficient (Wildman–Crippen LogP) is 3.25. The van der Waals surface area contributed by atoms with Gasteiger partial charge in [-0.3, -0.25) is 10.1 Å². The van der Waals surface area contributed by atoms with Gasteiger partial charge in [-0.2, -0.15) is 0 Å². The van der Waals surface area contributed by atoms with Crippen molar-refractivity contribution in [1.82, 2.24) is 0 Å². The monoisotopic (exact) mass is 242 g/mol. The Labute approximate surface area is 97.1 Å². The van der Waals surface area contributed by atoms with Gasteiger partial charge >= 0.3 is 0 Å². The third kappa shape index (κ3) is 3.51. The minimum atomic E-state index is -0.973. The number of nitrogens with one attached hydrogen (secondary N) is 1. The molecule has 1 aromatic rings. The molecule has 1 N–H and O–H groups in total. The first-order valence-corrected chi connectivity index (χ1v) is 4.92. The van der Waals surface area contributed by atoms with Gasteiger partial charge in [-0.15, -0.1) is 0 Å². The van der Waals surface area contributed by atoms with E-state index in [1.54, 1.807) is 6.08 Å². The third-order valence-corrected chi connectivity index (χ3v) is 2.03. The number of hydrogen-bond donors (Lipinski definition) is 1. The predicted molar refractivity (Wildman–Crippen MR) is 60.9 cm³/mol. The van der Waals surface area contributed by atoms with Crippen LogP contribution in [0.3, 0.4) is 0 Å². The van der Waals surface area contributed by atoms with E-state index in [0.717, 1.165) is 5.57 Å². The molecular formula is C11H12F2N2O2. The fraction of sp³-hybridized carbons (Fsp3) is 0.273. The van der Waals surface area contributed by atoms with Crippen molar-refractivity contribution in [2.75, 3.05) is 11.9 Å². The van der Waals surface area contributed by atoms with Crippen LogP contribution in [0.5, 0.6) is 0 Å². The van der Waals surface area contributed by atoms with Crippen LogP contribution in [0.2, 0.25) is 0 Å². The summed E-state index contributed by atoms with van der Waals surface area (Å²) in [6.07, 6.45) is 1.75. The molecule has 0 unspecified atom stereocenters. The highest BCUT2D eigenvalue weighted by Gasteiger charge is 2.16. The molecule has 0 saturated heterocycles. The molecule has 0 fully saturated rings. The lowest BCUT2D eigenvalue weighted by Crippen LogP contribution is -2.04. The summed E-state index contributed by atoms with van der Waals surface area (Å²) in [5, 5.41) is 12.9. The Morgan fingerprint density at radius 1 is 1.41 bits per heavy atom. The molecule has 1 rings (SSSR count). The van der Waals surface area contributed by atoms with E-state index in [1.807, 2.05) is 13.8 Å². The van der Waals surface area contributed by atoms with Crippen LogP contribution in [-0.4, -0.2) is 11.5 Å². The van der Waals surface area contributed by atoms with E-state index in [-0.39, 0.29) is 12.2 Å². The fourth-order valence-corrected chi connectivity index (χ4v) is 1.19. The Hall–Kier alpha value is -1.98. The van der Waals surface area contributed by atoms with Gasteiger partial charge in [-0.1, -0.05) is 11.6 Å². The molecule has 0 bridgehead atoms. The number of hydrogen-bond acceptors (Lipinski definition) is 3. The first-order chi connectivity index (χ1) is 7.91. The standard InChI is InChI=1S/C11H12F2N2O2/c1-7(2)3-4-14-11-9(12)5-8(15(16)17)6-10(11)13/h3,5-6,14H,4H2,1-2H3. The average molecular weight is 242 g/mol. The molecule has 92 valence electrons. The molecule has 1 aromatic carbocycles. The highest BCUT2D eigenvalue weighted by atomic mass is 19.1. The fourth-order valence-electron chi connectivity index (χ4n) is 1.19. The van der Waals surface area contributed by atoms with E-state index in [2.05, 4.69) is 5.32 Å². The molecule has 0 heterocycles. The van der Waals surface area contributed by atoms with E-state index in [9.17, 15) is 18.9 Å². The van der Waals surface area contributed by atoms with Crippen molar-refractivity contribution in [2.45, 2.75) is 13.8 Å². The van der Waals surface area contributed by atoms with Gasteiger partial charge in [0.15, 0.2) is 11.6 Å². The van der Waals surface area contributed by atoms with E-state index in [0.29, 0.717) is 12.1 Å². The molecule has 0 amide bonds. The number of allylic oxidation sites excluding steroid dienone is 1. The number of halogens is 2. The van der Waals surface area contributed by atoms with Gasteiger partial charge in [0, 0.05) is 6.54 Å². The summed E-state index contributed by atoms with van der Waals surface area (Å²) in [6.45, 7) is 3.96. The smallest absolute Gasteiger partial charge is 0.275 e. The van der Waals surface area contributed by atoms with Crippen LogP contribution in [0, 0.1) is 21.7 Å². The van der Waals surface area contributed by atoms with Crippen molar-refractivity contribution in [3.05, 3.63) is 45.5 Å². The maximum absolute atomic E-state index is 13.4. The number of anilines is 1. The topological polar surface area (TPSA) is 55.2 Å². The summed E-state index contributed by atoms with van der Waals surface area (Å²) < 4.78 is 26.7. The van der Waals surface area contributed by atoms with Gasteiger partial charge in [0.2, 0.25) is 0 Å². The molecule has 4 nitrogen and oxygen atoms in total. The van der Waals surface area contributed by atoms with Crippen LogP contribution < -0.4 is 5.32 Å². The first-order valence-electron chi connectivity index (χ1n) is 4.92. The quantitative estimate of drug-likeness (QED) is 0.501. The number of nitro groups is 1. The summed E-state index contributed by atoms with van der Waals surface area (Å²) in [5.74, 6) is -1.95. The lowest BCUT2D eigenvalue weighted by Gasteiger charge is -2.06. The van der Waals surface area contributed by atoms with E-state index >= 15 is 0 Å². The van der Waals surface area contributed by atoms with Crippen molar-refractivity contribution in [3.8, 4) is 0 Å². The van der Waals surface area contributed by atoms with Crippen LogP contribution in [0.1, 0.15) is 13.8 Å². The molecule has 0 atom stereocenters. The van der Waals surface area contributed by atoms with E-state index in [1.165, 1.54) is 0 Å². The molecule has 0 saturated carbocycles. The lowest BCUT2D eigenvalue weighted by atomic mass is 10.2. The van der Waals surface area contributed by atoms with Crippen molar-refractivity contribution >= 4 is 11.4 Å². The normalized spacial score (nSPS) is 9.88. The molecular weight excluding hydrogens is 230 g/mol. The minimum absolute atomic E-state index is 0.258. The maximum atomic E-state index is 13.4. The number of rotatable bonds is 4. The summed E-state index contributed by atoms with van der Waals surface area (Å²) in [7, 11) is 0. The number of nitro benzene ring substituents is 1. The number of non-ortho nitro benzene ring substituents is 1. The van der Waals surface area contributed by atoms with Crippen molar-refractivity contribution in [1.29, 1.82) is 0 Å². The molecule has 0 spiro atoms. The van der Waals surface area contributed by atoms with Gasteiger partial charge in [0.1, 0.15) is 5.69 Å². The minimum Gasteiger partial charge on any atom is -0.377 e. The van der Waals surface area contributed by atoms with Crippen molar-refractivity contribution < 1.29 is 13.7 Å². The molecule has 0 aliphatic heterocycles. The van der Waals surface area contributed by atoms with E-state index in [4.69, 9.17) is 0 Å². The maximum Gasteiger partial charge on any atom is 0.275 e. The van der Waals surface area contributed by atoms with Gasteiger partial charge in [-0.05, 0) is 13.8 Å². The summed E-state index contributed by atoms with van der Waals surface area (Å²) in [4.78, 5) is 9.52. The Morgan fingerprint density at radius 3 is 2.35 bits per heavy atom. The largest absolute Gasteiger partial charge is 0.377 e. The number of nitrogens with zero attached hydrogens (tertiary/aromatic N) is 1. The zero-order chi connectivity index (χ0) is 13.0. The molecule has 17 heavy (non-hydrogen) atoms. The second-order valence-corrected chi connectivity index (χ2v) is 3.70. The first kappa shape index (κ1) is 13.1. The number of benzene rings is 1. The van der Waals surface area contributed by atoms with Gasteiger partial charge in [0.25, 0.3) is 5.69 Å². The highest BCUT2D eigenvalue weighted by Crippen LogP contribution is 2.24. The lowest BCUT2D eigenvalue weighted by molar-refractivity contribution is -0.385.